The number of aromatic nitrogens is 1. The molecule has 7 rings (SSSR count). The third-order valence-corrected chi connectivity index (χ3v) is 13.9. The van der Waals surface area contributed by atoms with E-state index in [0.29, 0.717) is 58.5 Å². The van der Waals surface area contributed by atoms with Crippen LogP contribution in [0.1, 0.15) is 77.6 Å². The monoisotopic (exact) mass is 931 g/mol. The van der Waals surface area contributed by atoms with Crippen LogP contribution in [0, 0.1) is 29.1 Å². The molecule has 0 saturated carbocycles. The summed E-state index contributed by atoms with van der Waals surface area (Å²) in [6.07, 6.45) is 7.00. The second-order valence-electron chi connectivity index (χ2n) is 20.6. The van der Waals surface area contributed by atoms with Crippen molar-refractivity contribution >= 4 is 40.2 Å². The molecule has 3 N–H and O–H groups in total. The van der Waals surface area contributed by atoms with Gasteiger partial charge in [-0.2, -0.15) is 0 Å². The van der Waals surface area contributed by atoms with Crippen molar-refractivity contribution in [1.29, 1.82) is 0 Å². The number of esters is 1. The predicted molar refractivity (Wildman–Crippen MR) is 268 cm³/mol. The molecule has 0 aliphatic carbocycles. The van der Waals surface area contributed by atoms with Crippen LogP contribution in [-0.2, 0) is 48.0 Å². The normalized spacial score (nSPS) is 21.9. The number of benzene rings is 2. The predicted octanol–water partition coefficient (Wildman–Crippen LogP) is 5.25. The van der Waals surface area contributed by atoms with Gasteiger partial charge in [-0.25, -0.2) is 5.43 Å². The summed E-state index contributed by atoms with van der Waals surface area (Å²) in [6.45, 7) is 16.9. The molecule has 0 spiro atoms. The van der Waals surface area contributed by atoms with Gasteiger partial charge >= 0.3 is 5.97 Å². The van der Waals surface area contributed by atoms with Crippen molar-refractivity contribution in [3.05, 3.63) is 77.1 Å². The van der Waals surface area contributed by atoms with Crippen LogP contribution in [0.25, 0.3) is 27.6 Å². The first-order chi connectivity index (χ1) is 32.5. The van der Waals surface area contributed by atoms with Crippen LogP contribution in [0.4, 0.5) is 0 Å². The number of amides is 3. The number of nitrogens with one attached hydrogen (secondary N) is 3. The molecule has 3 aromatic rings. The Bertz CT molecular complexity index is 2480. The van der Waals surface area contributed by atoms with Crippen LogP contribution < -0.4 is 16.1 Å². The molecule has 2 aromatic carbocycles. The molecule has 68 heavy (non-hydrogen) atoms. The van der Waals surface area contributed by atoms with E-state index in [1.807, 2.05) is 52.0 Å². The SMILES string of the molecule is CCn1c(C2=C([C@H](C)OC)NCC=C2)c2c3cc(ccc31)-c1cccc(c1)CC(NC(=O)[C@H](C(C)C)N(C)C[C@H]1CCN(C(=O)C#CCN(C)C)C1)C(=O)N1CCC[C@H](N1)C(=O)OCC(C)(C)C2. The Morgan fingerprint density at radius 1 is 1.04 bits per heavy atom. The number of hydrazine groups is 1. The van der Waals surface area contributed by atoms with E-state index >= 15 is 0 Å². The number of allylic oxidation sites excluding steroid dienone is 2. The lowest BCUT2D eigenvalue weighted by molar-refractivity contribution is -0.155. The van der Waals surface area contributed by atoms with E-state index < -0.39 is 29.5 Å². The Labute approximate surface area is 403 Å². The highest BCUT2D eigenvalue weighted by atomic mass is 16.5. The van der Waals surface area contributed by atoms with E-state index in [4.69, 9.17) is 9.47 Å². The lowest BCUT2D eigenvalue weighted by Crippen LogP contribution is -2.62. The minimum absolute atomic E-state index is 0.0789. The van der Waals surface area contributed by atoms with E-state index in [-0.39, 0.29) is 48.7 Å². The lowest BCUT2D eigenvalue weighted by atomic mass is 9.83. The van der Waals surface area contributed by atoms with Crippen LogP contribution in [0.15, 0.2) is 60.3 Å². The van der Waals surface area contributed by atoms with Gasteiger partial charge in [-0.15, -0.1) is 0 Å². The molecule has 2 fully saturated rings. The molecule has 6 bridgehead atoms. The van der Waals surface area contributed by atoms with E-state index in [1.165, 1.54) is 10.6 Å². The van der Waals surface area contributed by atoms with Crippen molar-refractivity contribution in [2.24, 2.45) is 17.3 Å². The van der Waals surface area contributed by atoms with Crippen molar-refractivity contribution in [3.63, 3.8) is 0 Å². The molecular formula is C54H74N8O6. The second-order valence-corrected chi connectivity index (χ2v) is 20.6. The van der Waals surface area contributed by atoms with Crippen molar-refractivity contribution in [1.82, 2.24) is 40.3 Å². The molecule has 2 saturated heterocycles. The Balaban J connectivity index is 1.23. The van der Waals surface area contributed by atoms with Gasteiger partial charge in [0.2, 0.25) is 5.91 Å². The number of carbonyl (C=O) groups is 4. The van der Waals surface area contributed by atoms with Crippen LogP contribution in [0.3, 0.4) is 0 Å². The highest BCUT2D eigenvalue weighted by Gasteiger charge is 2.38. The second kappa shape index (κ2) is 21.9. The van der Waals surface area contributed by atoms with Gasteiger partial charge in [0.1, 0.15) is 12.1 Å². The molecule has 5 heterocycles. The van der Waals surface area contributed by atoms with Gasteiger partial charge in [-0.3, -0.25) is 34.0 Å². The maximum atomic E-state index is 14.8. The van der Waals surface area contributed by atoms with Gasteiger partial charge in [0, 0.05) is 80.4 Å². The third-order valence-electron chi connectivity index (χ3n) is 13.9. The maximum absolute atomic E-state index is 14.8. The van der Waals surface area contributed by atoms with Crippen molar-refractivity contribution in [2.75, 3.05) is 74.1 Å². The number of dihydropyridines is 1. The van der Waals surface area contributed by atoms with Crippen molar-refractivity contribution in [2.45, 2.75) is 104 Å². The van der Waals surface area contributed by atoms with Gasteiger partial charge in [0.25, 0.3) is 11.8 Å². The molecular weight excluding hydrogens is 857 g/mol. The number of hydrogen-bond donors (Lipinski definition) is 3. The fraction of sp³-hybridized carbons (Fsp3) is 0.556. The first-order valence-corrected chi connectivity index (χ1v) is 24.6. The van der Waals surface area contributed by atoms with Crippen LogP contribution in [0.5, 0.6) is 0 Å². The Morgan fingerprint density at radius 2 is 1.82 bits per heavy atom. The zero-order valence-corrected chi connectivity index (χ0v) is 42.0. The van der Waals surface area contributed by atoms with E-state index in [9.17, 15) is 19.2 Å². The number of hydrogen-bond acceptors (Lipinski definition) is 10. The molecule has 3 amide bonds. The molecule has 14 heteroatoms. The first kappa shape index (κ1) is 50.4. The number of likely N-dealkylation sites (N-methyl/N-ethyl adjacent to an activating group) is 1. The zero-order valence-electron chi connectivity index (χ0n) is 42.0. The molecule has 1 aromatic heterocycles. The summed E-state index contributed by atoms with van der Waals surface area (Å²) in [7, 11) is 7.52. The topological polar surface area (TPSA) is 141 Å². The summed E-state index contributed by atoms with van der Waals surface area (Å²) in [5.74, 6) is 4.68. The Kier molecular flexibility index (Phi) is 16.2. The number of carbonyl (C=O) groups excluding carboxylic acids is 4. The molecule has 4 aliphatic rings. The minimum Gasteiger partial charge on any atom is -0.464 e. The minimum atomic E-state index is -0.933. The summed E-state index contributed by atoms with van der Waals surface area (Å²) in [6, 6.07) is 12.7. The van der Waals surface area contributed by atoms with Crippen LogP contribution >= 0.6 is 0 Å². The highest BCUT2D eigenvalue weighted by molar-refractivity contribution is 5.96. The number of nitrogens with zero attached hydrogens (tertiary/aromatic N) is 5. The highest BCUT2D eigenvalue weighted by Crippen LogP contribution is 2.40. The maximum Gasteiger partial charge on any atom is 0.324 e. The van der Waals surface area contributed by atoms with Gasteiger partial charge < -0.3 is 29.6 Å². The standard InChI is InChI=1S/C54H74N8O6/c1-11-61-46-22-21-40-30-42(46)43(50(61)41-18-13-24-55-48(41)36(4)67-10)31-54(5,6)34-68-53(66)44-19-14-26-62(57-44)52(65)45(29-37-16-12-17-39(40)28-37)56-51(64)49(35(2)3)59(9)32-38-23-27-60(33-38)47(63)20-15-25-58(7)8/h12-13,16-18,21-22,28,30,35-36,38,44-45,49,55,57H,11,14,19,23-27,29,31-34H2,1-10H3,(H,56,64)/t36-,38+,44-,45?,49-/m0/s1. The molecule has 1 unspecified atom stereocenters. The molecule has 0 radical (unpaired) electrons. The number of cyclic esters (lactones) is 1. The molecule has 5 atom stereocenters. The third kappa shape index (κ3) is 11.5. The summed E-state index contributed by atoms with van der Waals surface area (Å²) >= 11 is 0. The average molecular weight is 931 g/mol. The van der Waals surface area contributed by atoms with Gasteiger partial charge in [-0.1, -0.05) is 76.1 Å². The lowest BCUT2D eigenvalue weighted by Gasteiger charge is -2.37. The number of rotatable bonds is 11. The van der Waals surface area contributed by atoms with E-state index in [2.05, 4.69) is 108 Å². The number of ether oxygens (including phenoxy) is 2. The Morgan fingerprint density at radius 3 is 2.56 bits per heavy atom. The van der Waals surface area contributed by atoms with Gasteiger partial charge in [-0.05, 0) is 113 Å². The quantitative estimate of drug-likeness (QED) is 0.173. The molecule has 14 nitrogen and oxygen atoms in total. The average Bonchev–Trinajstić information content (AvgIpc) is 3.91. The fourth-order valence-electron chi connectivity index (χ4n) is 10.5. The van der Waals surface area contributed by atoms with Crippen LogP contribution in [0.2, 0.25) is 0 Å². The van der Waals surface area contributed by atoms with Crippen molar-refractivity contribution < 1.29 is 28.7 Å². The van der Waals surface area contributed by atoms with Gasteiger partial charge in [0.05, 0.1) is 31.0 Å². The molecule has 366 valence electrons. The largest absolute Gasteiger partial charge is 0.464 e. The van der Waals surface area contributed by atoms with E-state index in [0.717, 1.165) is 57.5 Å². The smallest absolute Gasteiger partial charge is 0.324 e. The zero-order chi connectivity index (χ0) is 48.9. The summed E-state index contributed by atoms with van der Waals surface area (Å²) in [5, 5.41) is 9.45. The van der Waals surface area contributed by atoms with E-state index in [1.54, 1.807) is 12.0 Å². The number of likely N-dealkylation sites (tertiary alicyclic amines) is 1. The van der Waals surface area contributed by atoms with Gasteiger partial charge in [0.15, 0.2) is 0 Å². The fourth-order valence-corrected chi connectivity index (χ4v) is 10.5. The Hall–Kier alpha value is -5.46. The van der Waals surface area contributed by atoms with Crippen LogP contribution in [-0.4, -0.2) is 146 Å². The summed E-state index contributed by atoms with van der Waals surface area (Å²) in [4.78, 5) is 62.0. The van der Waals surface area contributed by atoms with Crippen molar-refractivity contribution in [3.8, 4) is 23.0 Å². The summed E-state index contributed by atoms with van der Waals surface area (Å²) < 4.78 is 14.4. The number of methoxy groups -OCH3 is 1. The molecule has 4 aliphatic heterocycles. The first-order valence-electron chi connectivity index (χ1n) is 24.6. The number of aryl methyl sites for hydroxylation is 1. The number of fused-ring (bicyclic) bond motifs is 6. The summed E-state index contributed by atoms with van der Waals surface area (Å²) in [5.41, 5.74) is 11.2.